The van der Waals surface area contributed by atoms with Crippen molar-refractivity contribution in [2.45, 2.75) is 40.2 Å². The molecule has 0 bridgehead atoms. The highest BCUT2D eigenvalue weighted by atomic mass is 35.5. The molecule has 0 fully saturated rings. The Morgan fingerprint density at radius 3 is 2.24 bits per heavy atom. The topological polar surface area (TPSA) is 104 Å². The van der Waals surface area contributed by atoms with Gasteiger partial charge in [0.15, 0.2) is 0 Å². The molecule has 0 unspecified atom stereocenters. The van der Waals surface area contributed by atoms with Gasteiger partial charge in [0.25, 0.3) is 0 Å². The summed E-state index contributed by atoms with van der Waals surface area (Å²) in [6.07, 6.45) is 0. The second-order valence-corrected chi connectivity index (χ2v) is 9.11. The zero-order chi connectivity index (χ0) is 27.4. The molecule has 1 aromatic heterocycles. The number of carbonyl (C=O) groups is 2. The van der Waals surface area contributed by atoms with E-state index in [0.717, 1.165) is 0 Å². The van der Waals surface area contributed by atoms with Gasteiger partial charge in [-0.2, -0.15) is 0 Å². The fourth-order valence-electron chi connectivity index (χ4n) is 4.55. The Morgan fingerprint density at radius 2 is 1.61 bits per heavy atom. The van der Waals surface area contributed by atoms with Crippen molar-refractivity contribution >= 4 is 34.5 Å². The van der Waals surface area contributed by atoms with Crippen LogP contribution in [0.15, 0.2) is 80.3 Å². The maximum atomic E-state index is 13.0. The summed E-state index contributed by atoms with van der Waals surface area (Å²) in [6, 6.07) is 13.5. The average Bonchev–Trinajstić information content (AvgIpc) is 2.87. The predicted octanol–water partition coefficient (Wildman–Crippen LogP) is 5.39. The first-order valence-electron chi connectivity index (χ1n) is 12.2. The van der Waals surface area contributed by atoms with Crippen LogP contribution in [0.1, 0.15) is 44.7 Å². The second-order valence-electron chi connectivity index (χ2n) is 8.67. The molecule has 8 nitrogen and oxygen atoms in total. The van der Waals surface area contributed by atoms with Crippen LogP contribution >= 0.6 is 11.6 Å². The Hall–Kier alpha value is -4.04. The van der Waals surface area contributed by atoms with Crippen molar-refractivity contribution in [2.75, 3.05) is 13.2 Å². The van der Waals surface area contributed by atoms with Gasteiger partial charge in [-0.15, -0.1) is 0 Å². The third-order valence-electron chi connectivity index (χ3n) is 6.13. The van der Waals surface area contributed by atoms with E-state index in [1.165, 1.54) is 6.07 Å². The lowest BCUT2D eigenvalue weighted by Crippen LogP contribution is -2.32. The van der Waals surface area contributed by atoms with E-state index in [1.807, 2.05) is 6.07 Å². The first-order valence-corrected chi connectivity index (χ1v) is 12.6. The number of hydrogen-bond acceptors (Lipinski definition) is 8. The normalized spacial score (nSPS) is 13.9. The fraction of sp³-hybridized carbons (Fsp3) is 0.276. The largest absolute Gasteiger partial charge is 0.489 e. The molecule has 198 valence electrons. The van der Waals surface area contributed by atoms with E-state index in [0.29, 0.717) is 55.4 Å². The first kappa shape index (κ1) is 27.0. The van der Waals surface area contributed by atoms with Crippen molar-refractivity contribution in [1.82, 2.24) is 5.32 Å². The zero-order valence-electron chi connectivity index (χ0n) is 21.6. The molecule has 2 aromatic carbocycles. The predicted molar refractivity (Wildman–Crippen MR) is 143 cm³/mol. The Bertz CT molecular complexity index is 1480. The van der Waals surface area contributed by atoms with Gasteiger partial charge in [-0.3, -0.25) is 0 Å². The number of esters is 2. The summed E-state index contributed by atoms with van der Waals surface area (Å²) in [5.74, 6) is -1.31. The highest BCUT2D eigenvalue weighted by Crippen LogP contribution is 2.40. The van der Waals surface area contributed by atoms with Gasteiger partial charge < -0.3 is 23.9 Å². The van der Waals surface area contributed by atoms with Crippen LogP contribution < -0.4 is 15.7 Å². The second kappa shape index (κ2) is 11.6. The van der Waals surface area contributed by atoms with E-state index in [2.05, 4.69) is 5.32 Å². The van der Waals surface area contributed by atoms with Gasteiger partial charge in [0.05, 0.1) is 30.3 Å². The highest BCUT2D eigenvalue weighted by Gasteiger charge is 2.38. The Balaban J connectivity index is 1.73. The summed E-state index contributed by atoms with van der Waals surface area (Å²) >= 11 is 6.15. The molecular formula is C29H28ClNO7. The van der Waals surface area contributed by atoms with E-state index in [1.54, 1.807) is 64.1 Å². The number of hydrogen-bond donors (Lipinski definition) is 1. The minimum absolute atomic E-state index is 0.0668. The van der Waals surface area contributed by atoms with Gasteiger partial charge in [0.1, 0.15) is 17.9 Å². The van der Waals surface area contributed by atoms with Crippen LogP contribution in [0.2, 0.25) is 5.02 Å². The van der Waals surface area contributed by atoms with Crippen molar-refractivity contribution in [1.29, 1.82) is 0 Å². The number of allylic oxidation sites excluding steroid dienone is 2. The fourth-order valence-corrected chi connectivity index (χ4v) is 4.72. The average molecular weight is 538 g/mol. The van der Waals surface area contributed by atoms with E-state index in [9.17, 15) is 14.4 Å². The van der Waals surface area contributed by atoms with Gasteiger partial charge in [0.2, 0.25) is 0 Å². The number of rotatable bonds is 8. The molecule has 2 heterocycles. The molecule has 0 spiro atoms. The Morgan fingerprint density at radius 1 is 0.947 bits per heavy atom. The molecule has 38 heavy (non-hydrogen) atoms. The van der Waals surface area contributed by atoms with Crippen molar-refractivity contribution in [3.8, 4) is 5.75 Å². The van der Waals surface area contributed by atoms with E-state index < -0.39 is 23.5 Å². The Kier molecular flexibility index (Phi) is 8.22. The molecular weight excluding hydrogens is 510 g/mol. The third-order valence-corrected chi connectivity index (χ3v) is 6.36. The van der Waals surface area contributed by atoms with Crippen LogP contribution in [-0.2, 0) is 25.7 Å². The molecule has 1 N–H and O–H groups in total. The van der Waals surface area contributed by atoms with Crippen molar-refractivity contribution < 1.29 is 28.2 Å². The number of dihydropyridines is 1. The number of benzene rings is 2. The molecule has 0 radical (unpaired) electrons. The standard InChI is InChI=1S/C29H28ClNO7/c1-5-35-28(33)25-16(3)31-17(4)26(29(34)36-6-2)27(25)18-8-7-9-21(12-18)37-15-19-13-24(32)38-23-11-10-20(30)14-22(19)23/h7-14,27,31H,5-6,15H2,1-4H3. The quantitative estimate of drug-likeness (QED) is 0.301. The first-order chi connectivity index (χ1) is 18.2. The molecule has 1 aliphatic heterocycles. The van der Waals surface area contributed by atoms with E-state index in [-0.39, 0.29) is 19.8 Å². The number of halogens is 1. The van der Waals surface area contributed by atoms with Crippen molar-refractivity contribution in [2.24, 2.45) is 0 Å². The van der Waals surface area contributed by atoms with Crippen LogP contribution in [0.25, 0.3) is 11.0 Å². The molecule has 3 aromatic rings. The van der Waals surface area contributed by atoms with Crippen molar-refractivity contribution in [3.05, 3.63) is 97.6 Å². The lowest BCUT2D eigenvalue weighted by Gasteiger charge is -2.30. The summed E-state index contributed by atoms with van der Waals surface area (Å²) < 4.78 is 22.0. The van der Waals surface area contributed by atoms with Gasteiger partial charge in [-0.1, -0.05) is 23.7 Å². The summed E-state index contributed by atoms with van der Waals surface area (Å²) in [6.45, 7) is 7.42. The molecule has 0 atom stereocenters. The minimum atomic E-state index is -0.735. The van der Waals surface area contributed by atoms with Crippen LogP contribution in [0, 0.1) is 0 Å². The van der Waals surface area contributed by atoms with Crippen LogP contribution in [-0.4, -0.2) is 25.2 Å². The maximum absolute atomic E-state index is 13.0. The maximum Gasteiger partial charge on any atom is 0.336 e. The molecule has 9 heteroatoms. The van der Waals surface area contributed by atoms with Gasteiger partial charge in [-0.25, -0.2) is 14.4 Å². The Labute approximate surface area is 224 Å². The number of nitrogens with one attached hydrogen (secondary N) is 1. The van der Waals surface area contributed by atoms with Crippen LogP contribution in [0.5, 0.6) is 5.75 Å². The summed E-state index contributed by atoms with van der Waals surface area (Å²) in [4.78, 5) is 38.1. The molecule has 4 rings (SSSR count). The number of carbonyl (C=O) groups excluding carboxylic acids is 2. The highest BCUT2D eigenvalue weighted by molar-refractivity contribution is 6.31. The third kappa shape index (κ3) is 5.60. The minimum Gasteiger partial charge on any atom is -0.489 e. The SMILES string of the molecule is CCOC(=O)C1=C(C)NC(C)=C(C(=O)OCC)C1c1cccc(OCc2cc(=O)oc3ccc(Cl)cc23)c1. The summed E-state index contributed by atoms with van der Waals surface area (Å²) in [7, 11) is 0. The van der Waals surface area contributed by atoms with E-state index >= 15 is 0 Å². The van der Waals surface area contributed by atoms with Crippen molar-refractivity contribution in [3.63, 3.8) is 0 Å². The van der Waals surface area contributed by atoms with E-state index in [4.69, 9.17) is 30.2 Å². The van der Waals surface area contributed by atoms with Crippen LogP contribution in [0.3, 0.4) is 0 Å². The van der Waals surface area contributed by atoms with Gasteiger partial charge in [0, 0.05) is 33.4 Å². The van der Waals surface area contributed by atoms with Crippen LogP contribution in [0.4, 0.5) is 0 Å². The summed E-state index contributed by atoms with van der Waals surface area (Å²) in [5.41, 5.74) is 2.98. The number of ether oxygens (including phenoxy) is 3. The van der Waals surface area contributed by atoms with Gasteiger partial charge in [-0.05, 0) is 63.6 Å². The molecule has 0 saturated carbocycles. The number of fused-ring (bicyclic) bond motifs is 1. The zero-order valence-corrected chi connectivity index (χ0v) is 22.3. The molecule has 0 saturated heterocycles. The molecule has 1 aliphatic rings. The van der Waals surface area contributed by atoms with Gasteiger partial charge >= 0.3 is 17.6 Å². The summed E-state index contributed by atoms with van der Waals surface area (Å²) in [5, 5.41) is 4.29. The molecule has 0 aliphatic carbocycles. The molecule has 0 amide bonds. The monoisotopic (exact) mass is 537 g/mol. The lowest BCUT2D eigenvalue weighted by atomic mass is 9.80. The lowest BCUT2D eigenvalue weighted by molar-refractivity contribution is -0.139. The smallest absolute Gasteiger partial charge is 0.336 e.